The highest BCUT2D eigenvalue weighted by Gasteiger charge is 2.37. The molecular formula is C7H11FO6. The van der Waals surface area contributed by atoms with Crippen LogP contribution in [0.3, 0.4) is 0 Å². The molecule has 0 aromatic carbocycles. The van der Waals surface area contributed by atoms with Gasteiger partial charge in [-0.2, -0.15) is 4.39 Å². The van der Waals surface area contributed by atoms with Gasteiger partial charge < -0.3 is 18.9 Å². The van der Waals surface area contributed by atoms with E-state index in [9.17, 15) is 14.0 Å². The number of hydrogen-bond acceptors (Lipinski definition) is 6. The van der Waals surface area contributed by atoms with E-state index in [1.165, 1.54) is 14.2 Å². The molecule has 0 bridgehead atoms. The lowest BCUT2D eigenvalue weighted by Gasteiger charge is -2.04. The molecule has 0 aromatic rings. The highest BCUT2D eigenvalue weighted by molar-refractivity contribution is 5.62. The van der Waals surface area contributed by atoms with E-state index in [2.05, 4.69) is 18.9 Å². The minimum Gasteiger partial charge on any atom is -0.438 e. The lowest BCUT2D eigenvalue weighted by molar-refractivity contribution is -0.0419. The van der Waals surface area contributed by atoms with Gasteiger partial charge in [-0.3, -0.25) is 0 Å². The largest absolute Gasteiger partial charge is 0.511 e. The summed E-state index contributed by atoms with van der Waals surface area (Å²) in [4.78, 5) is 19.7. The van der Waals surface area contributed by atoms with E-state index in [0.29, 0.717) is 0 Å². The zero-order valence-electron chi connectivity index (χ0n) is 8.03. The molecule has 7 heteroatoms. The fraction of sp³-hybridized carbons (Fsp3) is 0.714. The molecule has 0 aromatic heterocycles. The van der Waals surface area contributed by atoms with Crippen molar-refractivity contribution in [3.05, 3.63) is 0 Å². The van der Waals surface area contributed by atoms with Gasteiger partial charge in [0.15, 0.2) is 6.61 Å². The third-order valence-electron chi connectivity index (χ3n) is 1.08. The Labute approximate surface area is 79.9 Å². The summed E-state index contributed by atoms with van der Waals surface area (Å²) in [6.45, 7) is 0.837. The van der Waals surface area contributed by atoms with Crippen LogP contribution in [0.25, 0.3) is 0 Å². The molecule has 1 fully saturated rings. The summed E-state index contributed by atoms with van der Waals surface area (Å²) in [5, 5.41) is 0. The monoisotopic (exact) mass is 210 g/mol. The number of carbonyl (C=O) groups is 2. The van der Waals surface area contributed by atoms with Gasteiger partial charge in [0.05, 0.1) is 14.2 Å². The molecule has 1 aliphatic rings. The Bertz CT molecular complexity index is 208. The van der Waals surface area contributed by atoms with Crippen LogP contribution < -0.4 is 0 Å². The van der Waals surface area contributed by atoms with E-state index < -0.39 is 18.2 Å². The van der Waals surface area contributed by atoms with Crippen LogP contribution in [0.15, 0.2) is 0 Å². The molecule has 14 heavy (non-hydrogen) atoms. The first kappa shape index (κ1) is 12.5. The van der Waals surface area contributed by atoms with Gasteiger partial charge in [-0.1, -0.05) is 0 Å². The number of methoxy groups -OCH3 is 2. The lowest BCUT2D eigenvalue weighted by Crippen LogP contribution is -2.19. The standard InChI is InChI=1S/C4H5FO3.C3H6O3/c1-4(5)2-7-3(6)8-4;1-5-3(4)6-2/h2H2,1H3;1-2H3. The molecule has 0 aliphatic carbocycles. The second-order valence-electron chi connectivity index (χ2n) is 2.40. The molecule has 0 N–H and O–H groups in total. The van der Waals surface area contributed by atoms with Crippen LogP contribution in [-0.4, -0.2) is 39.0 Å². The molecule has 0 radical (unpaired) electrons. The van der Waals surface area contributed by atoms with Crippen molar-refractivity contribution >= 4 is 12.3 Å². The first-order chi connectivity index (χ1) is 6.41. The molecule has 1 aliphatic heterocycles. The smallest absolute Gasteiger partial charge is 0.438 e. The zero-order chi connectivity index (χ0) is 11.2. The SMILES string of the molecule is CC1(F)COC(=O)O1.COC(=O)OC. The maximum Gasteiger partial charge on any atom is 0.511 e. The van der Waals surface area contributed by atoms with Gasteiger partial charge in [-0.25, -0.2) is 9.59 Å². The summed E-state index contributed by atoms with van der Waals surface area (Å²) >= 11 is 0. The fourth-order valence-corrected chi connectivity index (χ4v) is 0.504. The predicted octanol–water partition coefficient (Wildman–Crippen LogP) is 1.24. The maximum absolute atomic E-state index is 12.3. The van der Waals surface area contributed by atoms with Gasteiger partial charge in [0.25, 0.3) is 5.85 Å². The summed E-state index contributed by atoms with van der Waals surface area (Å²) in [5.74, 6) is -1.91. The quantitative estimate of drug-likeness (QED) is 0.560. The Kier molecular flexibility index (Phi) is 4.68. The Balaban J connectivity index is 0.000000255. The van der Waals surface area contributed by atoms with Gasteiger partial charge in [0, 0.05) is 6.92 Å². The van der Waals surface area contributed by atoms with Crippen LogP contribution in [0.1, 0.15) is 6.92 Å². The number of hydrogen-bond donors (Lipinski definition) is 0. The Morgan fingerprint density at radius 3 is 2.07 bits per heavy atom. The number of carbonyl (C=O) groups excluding carboxylic acids is 2. The molecule has 82 valence electrons. The third kappa shape index (κ3) is 5.18. The van der Waals surface area contributed by atoms with Crippen molar-refractivity contribution in [2.75, 3.05) is 20.8 Å². The van der Waals surface area contributed by atoms with E-state index in [-0.39, 0.29) is 6.61 Å². The first-order valence-corrected chi connectivity index (χ1v) is 3.58. The van der Waals surface area contributed by atoms with Crippen LogP contribution in [-0.2, 0) is 18.9 Å². The minimum atomic E-state index is -1.91. The van der Waals surface area contributed by atoms with Gasteiger partial charge in [-0.05, 0) is 0 Å². The molecule has 0 spiro atoms. The number of alkyl halides is 1. The highest BCUT2D eigenvalue weighted by atomic mass is 19.2. The molecule has 1 rings (SSSR count). The van der Waals surface area contributed by atoms with E-state index in [1.807, 2.05) is 0 Å². The summed E-state index contributed by atoms with van der Waals surface area (Å²) in [5.41, 5.74) is 0. The van der Waals surface area contributed by atoms with E-state index in [1.54, 1.807) is 0 Å². The Morgan fingerprint density at radius 2 is 2.00 bits per heavy atom. The van der Waals surface area contributed by atoms with Crippen molar-refractivity contribution in [3.8, 4) is 0 Å². The van der Waals surface area contributed by atoms with Crippen molar-refractivity contribution in [2.24, 2.45) is 0 Å². The van der Waals surface area contributed by atoms with E-state index in [4.69, 9.17) is 0 Å². The topological polar surface area (TPSA) is 71.1 Å². The van der Waals surface area contributed by atoms with Crippen molar-refractivity contribution < 1.29 is 32.9 Å². The molecule has 6 nitrogen and oxygen atoms in total. The number of halogens is 1. The minimum absolute atomic E-state index is 0.300. The van der Waals surface area contributed by atoms with Gasteiger partial charge in [0.1, 0.15) is 0 Å². The van der Waals surface area contributed by atoms with Crippen LogP contribution in [0.5, 0.6) is 0 Å². The van der Waals surface area contributed by atoms with Crippen LogP contribution in [0, 0.1) is 0 Å². The molecule has 1 atom stereocenters. The van der Waals surface area contributed by atoms with E-state index in [0.717, 1.165) is 6.92 Å². The first-order valence-electron chi connectivity index (χ1n) is 3.58. The fourth-order valence-electron chi connectivity index (χ4n) is 0.504. The average molecular weight is 210 g/mol. The second-order valence-corrected chi connectivity index (χ2v) is 2.40. The number of ether oxygens (including phenoxy) is 4. The number of cyclic esters (lactones) is 2. The van der Waals surface area contributed by atoms with Crippen LogP contribution in [0.2, 0.25) is 0 Å². The summed E-state index contributed by atoms with van der Waals surface area (Å²) in [6, 6.07) is 0. The van der Waals surface area contributed by atoms with Crippen LogP contribution in [0.4, 0.5) is 14.0 Å². The molecule has 0 saturated carbocycles. The van der Waals surface area contributed by atoms with E-state index >= 15 is 0 Å². The molecule has 1 unspecified atom stereocenters. The molecule has 1 heterocycles. The van der Waals surface area contributed by atoms with Crippen molar-refractivity contribution in [2.45, 2.75) is 12.8 Å². The number of rotatable bonds is 0. The van der Waals surface area contributed by atoms with Gasteiger partial charge in [-0.15, -0.1) is 0 Å². The van der Waals surface area contributed by atoms with Gasteiger partial charge >= 0.3 is 12.3 Å². The maximum atomic E-state index is 12.3. The lowest BCUT2D eigenvalue weighted by atomic mass is 10.4. The summed E-state index contributed by atoms with van der Waals surface area (Å²) in [7, 11) is 2.51. The van der Waals surface area contributed by atoms with Gasteiger partial charge in [0.2, 0.25) is 0 Å². The highest BCUT2D eigenvalue weighted by Crippen LogP contribution is 2.19. The van der Waals surface area contributed by atoms with Crippen molar-refractivity contribution in [1.82, 2.24) is 0 Å². The average Bonchev–Trinajstić information content (AvgIpc) is 2.44. The summed E-state index contributed by atoms with van der Waals surface area (Å²) < 4.78 is 28.5. The molecular weight excluding hydrogens is 199 g/mol. The van der Waals surface area contributed by atoms with Crippen molar-refractivity contribution in [3.63, 3.8) is 0 Å². The second kappa shape index (κ2) is 5.25. The van der Waals surface area contributed by atoms with Crippen molar-refractivity contribution in [1.29, 1.82) is 0 Å². The predicted molar refractivity (Wildman–Crippen MR) is 41.4 cm³/mol. The van der Waals surface area contributed by atoms with Crippen LogP contribution >= 0.6 is 0 Å². The third-order valence-corrected chi connectivity index (χ3v) is 1.08. The molecule has 0 amide bonds. The Morgan fingerprint density at radius 1 is 1.50 bits per heavy atom. The normalized spacial score (nSPS) is 23.9. The zero-order valence-corrected chi connectivity index (χ0v) is 8.03. The molecule has 1 saturated heterocycles. The summed E-state index contributed by atoms with van der Waals surface area (Å²) in [6.07, 6.45) is -1.59. The Hall–Kier alpha value is -1.53.